The molecule has 226 valence electrons. The first kappa shape index (κ1) is 33.4. The van der Waals surface area contributed by atoms with E-state index < -0.39 is 28.5 Å². The van der Waals surface area contributed by atoms with Crippen molar-refractivity contribution in [1.82, 2.24) is 10.2 Å². The summed E-state index contributed by atoms with van der Waals surface area (Å²) in [6.45, 7) is 7.46. The Bertz CT molecular complexity index is 1450. The van der Waals surface area contributed by atoms with Gasteiger partial charge in [-0.1, -0.05) is 59.6 Å². The summed E-state index contributed by atoms with van der Waals surface area (Å²) < 4.78 is 35.3. The molecular formula is C31H37BrClN3O5S. The van der Waals surface area contributed by atoms with Gasteiger partial charge in [0.2, 0.25) is 11.8 Å². The van der Waals surface area contributed by atoms with Gasteiger partial charge in [0.25, 0.3) is 10.0 Å². The smallest absolute Gasteiger partial charge is 0.264 e. The summed E-state index contributed by atoms with van der Waals surface area (Å²) in [5.74, 6) is -0.284. The number of anilines is 1. The van der Waals surface area contributed by atoms with Crippen molar-refractivity contribution in [1.29, 1.82) is 0 Å². The van der Waals surface area contributed by atoms with Crippen LogP contribution in [0.5, 0.6) is 5.75 Å². The van der Waals surface area contributed by atoms with Gasteiger partial charge in [0.1, 0.15) is 18.3 Å². The van der Waals surface area contributed by atoms with Gasteiger partial charge in [-0.05, 0) is 86.8 Å². The molecule has 0 aliphatic heterocycles. The highest BCUT2D eigenvalue weighted by Gasteiger charge is 2.34. The Labute approximate surface area is 262 Å². The van der Waals surface area contributed by atoms with Crippen molar-refractivity contribution in [2.24, 2.45) is 0 Å². The zero-order valence-corrected chi connectivity index (χ0v) is 27.4. The first-order valence-electron chi connectivity index (χ1n) is 13.9. The molecule has 0 spiro atoms. The quantitative estimate of drug-likeness (QED) is 0.212. The van der Waals surface area contributed by atoms with E-state index in [2.05, 4.69) is 21.2 Å². The van der Waals surface area contributed by atoms with Gasteiger partial charge in [0, 0.05) is 22.1 Å². The Morgan fingerprint density at radius 1 is 0.952 bits per heavy atom. The molecule has 8 nitrogen and oxygen atoms in total. The molecule has 0 bridgehead atoms. The Hall–Kier alpha value is -3.08. The number of sulfonamides is 1. The SMILES string of the molecule is CCOc1ccc(N(CC(=O)N(Cc2ccccc2Cl)[C@@H](CC)C(=O)N[C@H](C)CC)S(=O)(=O)c2ccc(Br)cc2)cc1. The summed E-state index contributed by atoms with van der Waals surface area (Å²) in [4.78, 5) is 29.0. The predicted octanol–water partition coefficient (Wildman–Crippen LogP) is 6.42. The molecule has 0 aromatic heterocycles. The topological polar surface area (TPSA) is 96.0 Å². The fourth-order valence-corrected chi connectivity index (χ4v) is 6.18. The molecule has 3 rings (SSSR count). The van der Waals surface area contributed by atoms with E-state index in [0.717, 1.165) is 10.7 Å². The number of nitrogens with zero attached hydrogens (tertiary/aromatic N) is 2. The molecule has 0 unspecified atom stereocenters. The number of benzene rings is 3. The second-order valence-corrected chi connectivity index (χ2v) is 12.9. The van der Waals surface area contributed by atoms with E-state index in [1.54, 1.807) is 60.7 Å². The molecule has 3 aromatic rings. The van der Waals surface area contributed by atoms with Crippen LogP contribution in [0.15, 0.2) is 82.2 Å². The number of carbonyl (C=O) groups is 2. The summed E-state index contributed by atoms with van der Waals surface area (Å²) in [5, 5.41) is 3.41. The second-order valence-electron chi connectivity index (χ2n) is 9.75. The summed E-state index contributed by atoms with van der Waals surface area (Å²) >= 11 is 9.80. The lowest BCUT2D eigenvalue weighted by atomic mass is 10.1. The van der Waals surface area contributed by atoms with Crippen molar-refractivity contribution < 1.29 is 22.7 Å². The number of halogens is 2. The first-order chi connectivity index (χ1) is 20.0. The van der Waals surface area contributed by atoms with Crippen molar-refractivity contribution >= 4 is 55.1 Å². The van der Waals surface area contributed by atoms with E-state index in [4.69, 9.17) is 16.3 Å². The van der Waals surface area contributed by atoms with Crippen LogP contribution in [0.2, 0.25) is 5.02 Å². The third kappa shape index (κ3) is 8.49. The van der Waals surface area contributed by atoms with Crippen LogP contribution in [-0.4, -0.2) is 50.4 Å². The molecule has 3 aromatic carbocycles. The molecule has 2 atom stereocenters. The average Bonchev–Trinajstić information content (AvgIpc) is 2.97. The number of ether oxygens (including phenoxy) is 1. The molecule has 0 aliphatic carbocycles. The zero-order chi connectivity index (χ0) is 30.9. The molecule has 0 heterocycles. The molecule has 42 heavy (non-hydrogen) atoms. The lowest BCUT2D eigenvalue weighted by molar-refractivity contribution is -0.140. The normalized spacial score (nSPS) is 12.7. The minimum absolute atomic E-state index is 0.0200. The number of rotatable bonds is 14. The summed E-state index contributed by atoms with van der Waals surface area (Å²) in [7, 11) is -4.18. The van der Waals surface area contributed by atoms with E-state index in [1.165, 1.54) is 17.0 Å². The average molecular weight is 679 g/mol. The summed E-state index contributed by atoms with van der Waals surface area (Å²) in [6, 6.07) is 18.8. The van der Waals surface area contributed by atoms with Gasteiger partial charge in [0.05, 0.1) is 17.2 Å². The third-order valence-electron chi connectivity index (χ3n) is 6.80. The number of carbonyl (C=O) groups excluding carboxylic acids is 2. The lowest BCUT2D eigenvalue weighted by Gasteiger charge is -2.34. The Morgan fingerprint density at radius 2 is 1.60 bits per heavy atom. The molecule has 11 heteroatoms. The summed E-state index contributed by atoms with van der Waals surface area (Å²) in [6.07, 6.45) is 1.04. The van der Waals surface area contributed by atoms with Crippen molar-refractivity contribution in [2.45, 2.75) is 64.1 Å². The van der Waals surface area contributed by atoms with E-state index in [9.17, 15) is 18.0 Å². The fraction of sp³-hybridized carbons (Fsp3) is 0.355. The predicted molar refractivity (Wildman–Crippen MR) is 170 cm³/mol. The third-order valence-corrected chi connectivity index (χ3v) is 9.49. The minimum atomic E-state index is -4.18. The van der Waals surface area contributed by atoms with Gasteiger partial charge in [-0.2, -0.15) is 0 Å². The van der Waals surface area contributed by atoms with Crippen LogP contribution in [0.1, 0.15) is 46.1 Å². The lowest BCUT2D eigenvalue weighted by Crippen LogP contribution is -2.53. The monoisotopic (exact) mass is 677 g/mol. The first-order valence-corrected chi connectivity index (χ1v) is 16.5. The largest absolute Gasteiger partial charge is 0.494 e. The van der Waals surface area contributed by atoms with Gasteiger partial charge >= 0.3 is 0 Å². The molecule has 0 saturated carbocycles. The van der Waals surface area contributed by atoms with Crippen LogP contribution in [0.3, 0.4) is 0 Å². The van der Waals surface area contributed by atoms with E-state index in [0.29, 0.717) is 33.8 Å². The van der Waals surface area contributed by atoms with Crippen LogP contribution in [-0.2, 0) is 26.2 Å². The maximum Gasteiger partial charge on any atom is 0.264 e. The number of amides is 2. The standard InChI is InChI=1S/C31H37BrClN3O5S/c1-5-22(4)34-31(38)29(6-2)35(20-23-10-8-9-11-28(23)33)30(37)21-36(25-14-16-26(17-15-25)41-7-3)42(39,40)27-18-12-24(32)13-19-27/h8-19,22,29H,5-7,20-21H2,1-4H3,(H,34,38)/t22-,29+/m1/s1. The van der Waals surface area contributed by atoms with Gasteiger partial charge in [-0.15, -0.1) is 0 Å². The van der Waals surface area contributed by atoms with Crippen molar-refractivity contribution in [3.8, 4) is 5.75 Å². The molecule has 1 N–H and O–H groups in total. The van der Waals surface area contributed by atoms with E-state index >= 15 is 0 Å². The maximum absolute atomic E-state index is 14.2. The van der Waals surface area contributed by atoms with Gasteiger partial charge in [0.15, 0.2) is 0 Å². The number of hydrogen-bond acceptors (Lipinski definition) is 5. The highest BCUT2D eigenvalue weighted by molar-refractivity contribution is 9.10. The van der Waals surface area contributed by atoms with E-state index in [-0.39, 0.29) is 29.1 Å². The molecular weight excluding hydrogens is 642 g/mol. The Morgan fingerprint density at radius 3 is 2.17 bits per heavy atom. The molecule has 0 aliphatic rings. The van der Waals surface area contributed by atoms with Crippen molar-refractivity contribution in [2.75, 3.05) is 17.5 Å². The minimum Gasteiger partial charge on any atom is -0.494 e. The van der Waals surface area contributed by atoms with Gasteiger partial charge in [-0.3, -0.25) is 13.9 Å². The molecule has 0 saturated heterocycles. The van der Waals surface area contributed by atoms with Crippen LogP contribution in [0, 0.1) is 0 Å². The molecule has 0 radical (unpaired) electrons. The van der Waals surface area contributed by atoms with Gasteiger partial charge < -0.3 is 15.0 Å². The number of hydrogen-bond donors (Lipinski definition) is 1. The highest BCUT2D eigenvalue weighted by Crippen LogP contribution is 2.28. The second kappa shape index (κ2) is 15.4. The maximum atomic E-state index is 14.2. The van der Waals surface area contributed by atoms with Crippen molar-refractivity contribution in [3.63, 3.8) is 0 Å². The summed E-state index contributed by atoms with van der Waals surface area (Å²) in [5.41, 5.74) is 0.926. The Balaban J connectivity index is 2.07. The van der Waals surface area contributed by atoms with Crippen LogP contribution in [0.4, 0.5) is 5.69 Å². The van der Waals surface area contributed by atoms with E-state index in [1.807, 2.05) is 27.7 Å². The molecule has 0 fully saturated rings. The molecule has 2 amide bonds. The van der Waals surface area contributed by atoms with Crippen molar-refractivity contribution in [3.05, 3.63) is 87.9 Å². The van der Waals surface area contributed by atoms with Crippen LogP contribution >= 0.6 is 27.5 Å². The van der Waals surface area contributed by atoms with Crippen LogP contribution < -0.4 is 14.4 Å². The highest BCUT2D eigenvalue weighted by atomic mass is 79.9. The van der Waals surface area contributed by atoms with Gasteiger partial charge in [-0.25, -0.2) is 8.42 Å². The number of nitrogens with one attached hydrogen (secondary N) is 1. The van der Waals surface area contributed by atoms with Crippen LogP contribution in [0.25, 0.3) is 0 Å². The fourth-order valence-electron chi connectivity index (χ4n) is 4.31. The zero-order valence-electron chi connectivity index (χ0n) is 24.2. The Kier molecular flexibility index (Phi) is 12.3.